The third-order valence-electron chi connectivity index (χ3n) is 1.85. The summed E-state index contributed by atoms with van der Waals surface area (Å²) in [6.45, 7) is 0. The summed E-state index contributed by atoms with van der Waals surface area (Å²) in [6, 6.07) is 7.48. The number of nitrogens with two attached hydrogens (primary N) is 2. The smallest absolute Gasteiger partial charge is 0.141 e. The van der Waals surface area contributed by atoms with E-state index in [-0.39, 0.29) is 0 Å². The molecule has 0 aliphatic carbocycles. The van der Waals surface area contributed by atoms with Crippen molar-refractivity contribution >= 4 is 11.5 Å². The van der Waals surface area contributed by atoms with E-state index in [1.54, 1.807) is 6.20 Å². The van der Waals surface area contributed by atoms with Gasteiger partial charge in [0.25, 0.3) is 0 Å². The molecule has 0 radical (unpaired) electrons. The second kappa shape index (κ2) is 3.33. The maximum absolute atomic E-state index is 5.65. The lowest BCUT2D eigenvalue weighted by molar-refractivity contribution is 1.22. The highest BCUT2D eigenvalue weighted by molar-refractivity contribution is 5.63. The molecule has 0 unspecified atom stereocenters. The molecule has 0 amide bonds. The molecule has 0 atom stereocenters. The van der Waals surface area contributed by atoms with Crippen LogP contribution in [0.25, 0.3) is 11.3 Å². The third-order valence-corrected chi connectivity index (χ3v) is 1.85. The van der Waals surface area contributed by atoms with E-state index in [0.717, 1.165) is 11.3 Å². The van der Waals surface area contributed by atoms with Crippen LogP contribution in [0.5, 0.6) is 0 Å². The summed E-state index contributed by atoms with van der Waals surface area (Å²) in [4.78, 5) is 8.11. The molecule has 0 bridgehead atoms. The molecule has 0 saturated heterocycles. The van der Waals surface area contributed by atoms with Crippen molar-refractivity contribution in [3.05, 3.63) is 36.7 Å². The zero-order valence-corrected chi connectivity index (χ0v) is 7.51. The van der Waals surface area contributed by atoms with Crippen LogP contribution in [-0.4, -0.2) is 9.97 Å². The second-order valence-corrected chi connectivity index (χ2v) is 2.95. The van der Waals surface area contributed by atoms with Crippen LogP contribution in [0.4, 0.5) is 11.5 Å². The van der Waals surface area contributed by atoms with Gasteiger partial charge in [0.1, 0.15) is 5.82 Å². The summed E-state index contributed by atoms with van der Waals surface area (Å²) in [5.41, 5.74) is 13.5. The van der Waals surface area contributed by atoms with Gasteiger partial charge in [-0.2, -0.15) is 0 Å². The van der Waals surface area contributed by atoms with Crippen molar-refractivity contribution in [2.24, 2.45) is 0 Å². The Kier molecular flexibility index (Phi) is 2.02. The Bertz CT molecular complexity index is 436. The maximum Gasteiger partial charge on any atom is 0.141 e. The topological polar surface area (TPSA) is 77.8 Å². The van der Waals surface area contributed by atoms with E-state index in [1.807, 2.05) is 24.3 Å². The van der Waals surface area contributed by atoms with Crippen LogP contribution in [0.1, 0.15) is 0 Å². The summed E-state index contributed by atoms with van der Waals surface area (Å²) < 4.78 is 0. The number of nitrogen functional groups attached to an aromatic ring is 2. The molecule has 0 fully saturated rings. The number of rotatable bonds is 1. The largest absolute Gasteiger partial charge is 0.399 e. The maximum atomic E-state index is 5.65. The van der Waals surface area contributed by atoms with Crippen LogP contribution in [0.3, 0.4) is 0 Å². The van der Waals surface area contributed by atoms with Gasteiger partial charge in [-0.3, -0.25) is 4.98 Å². The fraction of sp³-hybridized carbons (Fsp3) is 0. The number of benzene rings is 1. The van der Waals surface area contributed by atoms with Gasteiger partial charge in [-0.1, -0.05) is 12.1 Å². The van der Waals surface area contributed by atoms with Crippen molar-refractivity contribution in [1.82, 2.24) is 9.97 Å². The molecule has 0 spiro atoms. The van der Waals surface area contributed by atoms with Crippen molar-refractivity contribution < 1.29 is 0 Å². The molecule has 0 aliphatic heterocycles. The van der Waals surface area contributed by atoms with Crippen LogP contribution < -0.4 is 11.5 Å². The minimum Gasteiger partial charge on any atom is -0.399 e. The predicted octanol–water partition coefficient (Wildman–Crippen LogP) is 1.31. The van der Waals surface area contributed by atoms with E-state index < -0.39 is 0 Å². The van der Waals surface area contributed by atoms with Crippen molar-refractivity contribution in [2.45, 2.75) is 0 Å². The van der Waals surface area contributed by atoms with E-state index >= 15 is 0 Å². The Morgan fingerprint density at radius 1 is 1.00 bits per heavy atom. The minimum atomic E-state index is 0.414. The Morgan fingerprint density at radius 3 is 2.50 bits per heavy atom. The number of anilines is 2. The summed E-state index contributed by atoms with van der Waals surface area (Å²) >= 11 is 0. The van der Waals surface area contributed by atoms with Gasteiger partial charge < -0.3 is 11.5 Å². The molecule has 0 saturated carbocycles. The molecular weight excluding hydrogens is 176 g/mol. The number of aromatic nitrogens is 2. The van der Waals surface area contributed by atoms with Gasteiger partial charge in [-0.25, -0.2) is 4.98 Å². The fourth-order valence-corrected chi connectivity index (χ4v) is 1.19. The first kappa shape index (κ1) is 8.50. The Labute approximate surface area is 81.6 Å². The van der Waals surface area contributed by atoms with E-state index in [0.29, 0.717) is 11.5 Å². The third kappa shape index (κ3) is 1.64. The van der Waals surface area contributed by atoms with Crippen molar-refractivity contribution in [1.29, 1.82) is 0 Å². The molecule has 1 aromatic carbocycles. The van der Waals surface area contributed by atoms with Gasteiger partial charge in [0.2, 0.25) is 0 Å². The lowest BCUT2D eigenvalue weighted by Gasteiger charge is -2.01. The zero-order chi connectivity index (χ0) is 9.97. The first-order valence-electron chi connectivity index (χ1n) is 4.19. The van der Waals surface area contributed by atoms with Crippen LogP contribution in [0, 0.1) is 0 Å². The van der Waals surface area contributed by atoms with Crippen molar-refractivity contribution in [2.75, 3.05) is 11.5 Å². The minimum absolute atomic E-state index is 0.414. The summed E-state index contributed by atoms with van der Waals surface area (Å²) in [6.07, 6.45) is 3.16. The molecule has 2 rings (SSSR count). The highest BCUT2D eigenvalue weighted by Crippen LogP contribution is 2.18. The van der Waals surface area contributed by atoms with Gasteiger partial charge in [0.05, 0.1) is 18.1 Å². The molecule has 70 valence electrons. The van der Waals surface area contributed by atoms with Crippen LogP contribution >= 0.6 is 0 Å². The average Bonchev–Trinajstić information content (AvgIpc) is 2.19. The Morgan fingerprint density at radius 2 is 1.86 bits per heavy atom. The van der Waals surface area contributed by atoms with Gasteiger partial charge in [-0.15, -0.1) is 0 Å². The monoisotopic (exact) mass is 186 g/mol. The molecule has 14 heavy (non-hydrogen) atoms. The van der Waals surface area contributed by atoms with Crippen molar-refractivity contribution in [3.8, 4) is 11.3 Å². The van der Waals surface area contributed by atoms with Crippen LogP contribution in [0.2, 0.25) is 0 Å². The molecule has 0 aliphatic rings. The molecule has 4 heteroatoms. The molecule has 4 N–H and O–H groups in total. The van der Waals surface area contributed by atoms with Crippen LogP contribution in [-0.2, 0) is 0 Å². The second-order valence-electron chi connectivity index (χ2n) is 2.95. The number of nitrogens with zero attached hydrogens (tertiary/aromatic N) is 2. The van der Waals surface area contributed by atoms with E-state index in [1.165, 1.54) is 6.20 Å². The Balaban J connectivity index is 2.44. The number of hydrogen-bond donors (Lipinski definition) is 2. The zero-order valence-electron chi connectivity index (χ0n) is 7.51. The summed E-state index contributed by atoms with van der Waals surface area (Å²) in [7, 11) is 0. The normalized spacial score (nSPS) is 10.0. The molecular formula is C10H10N4. The standard InChI is InChI=1S/C10H10N4/c11-8-3-1-2-7(4-8)9-5-14-10(12)6-13-9/h1-6H,11H2,(H2,12,14). The van der Waals surface area contributed by atoms with Gasteiger partial charge in [-0.05, 0) is 12.1 Å². The highest BCUT2D eigenvalue weighted by atomic mass is 14.9. The SMILES string of the molecule is Nc1cccc(-c2cnc(N)cn2)c1. The first-order chi connectivity index (χ1) is 6.75. The quantitative estimate of drug-likeness (QED) is 0.658. The first-order valence-corrected chi connectivity index (χ1v) is 4.19. The van der Waals surface area contributed by atoms with Gasteiger partial charge in [0, 0.05) is 11.3 Å². The lowest BCUT2D eigenvalue weighted by atomic mass is 10.1. The molecule has 2 aromatic rings. The van der Waals surface area contributed by atoms with E-state index in [9.17, 15) is 0 Å². The molecule has 1 aromatic heterocycles. The Hall–Kier alpha value is -2.10. The predicted molar refractivity (Wildman–Crippen MR) is 56.3 cm³/mol. The summed E-state index contributed by atoms with van der Waals surface area (Å²) in [5, 5.41) is 0. The van der Waals surface area contributed by atoms with E-state index in [2.05, 4.69) is 9.97 Å². The number of hydrogen-bond acceptors (Lipinski definition) is 4. The van der Waals surface area contributed by atoms with Crippen LogP contribution in [0.15, 0.2) is 36.7 Å². The summed E-state index contributed by atoms with van der Waals surface area (Å²) in [5.74, 6) is 0.414. The van der Waals surface area contributed by atoms with Crippen molar-refractivity contribution in [3.63, 3.8) is 0 Å². The van der Waals surface area contributed by atoms with Gasteiger partial charge >= 0.3 is 0 Å². The highest BCUT2D eigenvalue weighted by Gasteiger charge is 1.99. The lowest BCUT2D eigenvalue weighted by Crippen LogP contribution is -1.93. The molecule has 1 heterocycles. The van der Waals surface area contributed by atoms with Gasteiger partial charge in [0.15, 0.2) is 0 Å². The van der Waals surface area contributed by atoms with E-state index in [4.69, 9.17) is 11.5 Å². The average molecular weight is 186 g/mol. The fourth-order valence-electron chi connectivity index (χ4n) is 1.19. The molecule has 4 nitrogen and oxygen atoms in total.